The van der Waals surface area contributed by atoms with Crippen LogP contribution in [0.5, 0.6) is 0 Å². The first-order valence-corrected chi connectivity index (χ1v) is 9.99. The number of carbonyl (C=O) groups is 7. The summed E-state index contributed by atoms with van der Waals surface area (Å²) >= 11 is 0. The minimum Gasteiger partial charge on any atom is -0.479 e. The molecule has 0 radical (unpaired) electrons. The Morgan fingerprint density at radius 2 is 0.647 bits per heavy atom. The molecule has 0 amide bonds. The Morgan fingerprint density at radius 3 is 0.853 bits per heavy atom. The second kappa shape index (κ2) is 13.7. The van der Waals surface area contributed by atoms with Crippen LogP contribution in [0.25, 0.3) is 0 Å². The van der Waals surface area contributed by atoms with E-state index in [0.29, 0.717) is 0 Å². The largest absolute Gasteiger partial charge is 0.479 e. The van der Waals surface area contributed by atoms with Crippen LogP contribution in [-0.4, -0.2) is 83.5 Å². The monoisotopic (exact) mass is 492 g/mol. The van der Waals surface area contributed by atoms with Gasteiger partial charge in [-0.1, -0.05) is 0 Å². The van der Waals surface area contributed by atoms with Crippen LogP contribution in [0.2, 0.25) is 0 Å². The molecular formula is C20H28O14. The van der Waals surface area contributed by atoms with Crippen molar-refractivity contribution in [1.29, 1.82) is 0 Å². The number of aliphatic carboxylic acids is 1. The first-order valence-electron chi connectivity index (χ1n) is 9.99. The Balaban J connectivity index is 4.68. The molecule has 0 saturated carbocycles. The normalized spacial score (nSPS) is 15.7. The highest BCUT2D eigenvalue weighted by Crippen LogP contribution is 2.08. The van der Waals surface area contributed by atoms with Crippen molar-refractivity contribution in [3.8, 4) is 0 Å². The molecule has 0 aromatic heterocycles. The summed E-state index contributed by atoms with van der Waals surface area (Å²) in [7, 11) is 0. The Kier molecular flexibility index (Phi) is 12.2. The van der Waals surface area contributed by atoms with Crippen LogP contribution in [0.3, 0.4) is 0 Å². The summed E-state index contributed by atoms with van der Waals surface area (Å²) in [5.41, 5.74) is 0. The van der Waals surface area contributed by atoms with E-state index in [-0.39, 0.29) is 0 Å². The Hall–Kier alpha value is -3.71. The molecule has 0 fully saturated rings. The summed E-state index contributed by atoms with van der Waals surface area (Å²) < 4.78 is 28.4. The molecule has 14 heteroatoms. The molecule has 0 saturated heterocycles. The molecule has 6 unspecified atom stereocenters. The van der Waals surface area contributed by atoms with Gasteiger partial charge in [0.05, 0.1) is 0 Å². The second-order valence-corrected chi connectivity index (χ2v) is 6.99. The van der Waals surface area contributed by atoms with E-state index < -0.39 is 78.4 Å². The zero-order valence-corrected chi connectivity index (χ0v) is 19.7. The van der Waals surface area contributed by atoms with Gasteiger partial charge in [0, 0.05) is 6.92 Å². The van der Waals surface area contributed by atoms with Crippen molar-refractivity contribution >= 4 is 41.8 Å². The van der Waals surface area contributed by atoms with Crippen molar-refractivity contribution in [2.24, 2.45) is 0 Å². The summed E-state index contributed by atoms with van der Waals surface area (Å²) in [6, 6.07) is 0. The number of carboxylic acids is 1. The van der Waals surface area contributed by atoms with E-state index in [1.807, 2.05) is 0 Å². The van der Waals surface area contributed by atoms with Gasteiger partial charge in [-0.3, -0.25) is 4.79 Å². The van der Waals surface area contributed by atoms with Gasteiger partial charge in [0.2, 0.25) is 0 Å². The van der Waals surface area contributed by atoms with E-state index in [1.165, 1.54) is 6.92 Å². The SMILES string of the molecule is CC(=O)OC(C)C(=O)OC(C)C(=O)OC(C)C(=O)OC(C)C(=O)OC(C)C(=O)OC(C)C(=O)O. The number of rotatable bonds is 12. The summed E-state index contributed by atoms with van der Waals surface area (Å²) in [6.45, 7) is 7.94. The maximum Gasteiger partial charge on any atom is 0.347 e. The van der Waals surface area contributed by atoms with Gasteiger partial charge in [-0.25, -0.2) is 28.8 Å². The van der Waals surface area contributed by atoms with Crippen LogP contribution in [0.1, 0.15) is 48.5 Å². The molecule has 0 aliphatic carbocycles. The lowest BCUT2D eigenvalue weighted by Crippen LogP contribution is -2.39. The third kappa shape index (κ3) is 10.7. The van der Waals surface area contributed by atoms with E-state index in [1.54, 1.807) is 0 Å². The number of hydrogen-bond acceptors (Lipinski definition) is 13. The summed E-state index contributed by atoms with van der Waals surface area (Å²) in [5.74, 6) is -7.70. The van der Waals surface area contributed by atoms with Crippen molar-refractivity contribution in [3.05, 3.63) is 0 Å². The lowest BCUT2D eigenvalue weighted by Gasteiger charge is -2.20. The molecule has 0 aliphatic heterocycles. The van der Waals surface area contributed by atoms with Gasteiger partial charge in [-0.15, -0.1) is 0 Å². The molecule has 14 nitrogen and oxygen atoms in total. The minimum atomic E-state index is -1.53. The molecule has 0 aromatic rings. The highest BCUT2D eigenvalue weighted by molar-refractivity contribution is 5.86. The maximum atomic E-state index is 12.1. The fourth-order valence-electron chi connectivity index (χ4n) is 1.89. The fraction of sp³-hybridized carbons (Fsp3) is 0.650. The van der Waals surface area contributed by atoms with Crippen molar-refractivity contribution in [1.82, 2.24) is 0 Å². The first-order chi connectivity index (χ1) is 15.6. The smallest absolute Gasteiger partial charge is 0.347 e. The van der Waals surface area contributed by atoms with Gasteiger partial charge < -0.3 is 33.5 Å². The molecule has 34 heavy (non-hydrogen) atoms. The first kappa shape index (κ1) is 30.3. The molecule has 6 atom stereocenters. The van der Waals surface area contributed by atoms with Crippen LogP contribution in [0.4, 0.5) is 0 Å². The molecule has 0 heterocycles. The number of ether oxygens (including phenoxy) is 6. The molecule has 0 bridgehead atoms. The van der Waals surface area contributed by atoms with Crippen molar-refractivity contribution < 1.29 is 67.1 Å². The van der Waals surface area contributed by atoms with Crippen LogP contribution in [0, 0.1) is 0 Å². The summed E-state index contributed by atoms with van der Waals surface area (Å²) in [5, 5.41) is 8.71. The zero-order valence-electron chi connectivity index (χ0n) is 19.7. The molecule has 0 rings (SSSR count). The van der Waals surface area contributed by atoms with Crippen molar-refractivity contribution in [3.63, 3.8) is 0 Å². The number of carbonyl (C=O) groups excluding carboxylic acids is 6. The van der Waals surface area contributed by atoms with E-state index in [0.717, 1.165) is 41.5 Å². The average molecular weight is 492 g/mol. The highest BCUT2D eigenvalue weighted by Gasteiger charge is 2.31. The quantitative estimate of drug-likeness (QED) is 0.275. The Morgan fingerprint density at radius 1 is 0.441 bits per heavy atom. The highest BCUT2D eigenvalue weighted by atomic mass is 16.6. The lowest BCUT2D eigenvalue weighted by molar-refractivity contribution is -0.187. The van der Waals surface area contributed by atoms with Crippen molar-refractivity contribution in [2.45, 2.75) is 85.1 Å². The third-order valence-electron chi connectivity index (χ3n) is 3.81. The summed E-state index contributed by atoms with van der Waals surface area (Å²) in [6.07, 6.45) is -8.73. The van der Waals surface area contributed by atoms with Gasteiger partial charge in [0.25, 0.3) is 0 Å². The number of esters is 6. The molecule has 192 valence electrons. The predicted octanol–water partition coefficient (Wildman–Crippen LogP) is -0.319. The molecule has 1 N–H and O–H groups in total. The van der Waals surface area contributed by atoms with Gasteiger partial charge in [-0.2, -0.15) is 0 Å². The summed E-state index contributed by atoms with van der Waals surface area (Å²) in [4.78, 5) is 81.1. The van der Waals surface area contributed by atoms with E-state index in [4.69, 9.17) is 24.1 Å². The average Bonchev–Trinajstić information content (AvgIpc) is 2.72. The van der Waals surface area contributed by atoms with Crippen LogP contribution >= 0.6 is 0 Å². The van der Waals surface area contributed by atoms with Gasteiger partial charge in [-0.05, 0) is 41.5 Å². The van der Waals surface area contributed by atoms with E-state index >= 15 is 0 Å². The van der Waals surface area contributed by atoms with Crippen LogP contribution < -0.4 is 0 Å². The van der Waals surface area contributed by atoms with Crippen molar-refractivity contribution in [2.75, 3.05) is 0 Å². The Labute approximate surface area is 194 Å². The minimum absolute atomic E-state index is 0.732. The third-order valence-corrected chi connectivity index (χ3v) is 3.81. The number of hydrogen-bond donors (Lipinski definition) is 1. The standard InChI is InChI=1S/C20H28O14/c1-8(15(22)23)30-17(25)10(3)32-19(27)12(5)34-20(28)13(6)33-18(26)11(4)31-16(24)9(2)29-14(7)21/h8-13H,1-7H3,(H,22,23). The maximum absolute atomic E-state index is 12.1. The van der Waals surface area contributed by atoms with Crippen LogP contribution in [0.15, 0.2) is 0 Å². The predicted molar refractivity (Wildman–Crippen MR) is 107 cm³/mol. The van der Waals surface area contributed by atoms with Gasteiger partial charge in [0.1, 0.15) is 0 Å². The fourth-order valence-corrected chi connectivity index (χ4v) is 1.89. The topological polar surface area (TPSA) is 195 Å². The Bertz CT molecular complexity index is 803. The molecule has 0 spiro atoms. The van der Waals surface area contributed by atoms with E-state index in [2.05, 4.69) is 9.47 Å². The van der Waals surface area contributed by atoms with Gasteiger partial charge >= 0.3 is 41.8 Å². The second-order valence-electron chi connectivity index (χ2n) is 6.99. The van der Waals surface area contributed by atoms with Crippen LogP contribution in [-0.2, 0) is 62.0 Å². The van der Waals surface area contributed by atoms with E-state index in [9.17, 15) is 33.6 Å². The number of carboxylic acid groups (broad SMARTS) is 1. The molecule has 0 aromatic carbocycles. The lowest BCUT2D eigenvalue weighted by atomic mass is 10.3. The molecule has 0 aliphatic rings. The molecular weight excluding hydrogens is 464 g/mol. The zero-order chi connectivity index (χ0) is 26.7. The van der Waals surface area contributed by atoms with Gasteiger partial charge in [0.15, 0.2) is 36.6 Å².